The molecule has 5 heterocycles. The highest BCUT2D eigenvalue weighted by atomic mass is 32.1. The Morgan fingerprint density at radius 3 is 3.00 bits per heavy atom. The first-order valence-electron chi connectivity index (χ1n) is 9.35. The molecule has 4 aromatic heterocycles. The van der Waals surface area contributed by atoms with Crippen molar-refractivity contribution >= 4 is 17.0 Å². The van der Waals surface area contributed by atoms with E-state index in [2.05, 4.69) is 45.0 Å². The molecule has 1 unspecified atom stereocenters. The highest BCUT2D eigenvalue weighted by Gasteiger charge is 2.25. The molecule has 0 amide bonds. The summed E-state index contributed by atoms with van der Waals surface area (Å²) in [5.41, 5.74) is 4.52. The fourth-order valence-corrected chi connectivity index (χ4v) is 4.49. The van der Waals surface area contributed by atoms with E-state index in [0.29, 0.717) is 5.92 Å². The van der Waals surface area contributed by atoms with Gasteiger partial charge in [-0.3, -0.25) is 9.88 Å². The minimum absolute atomic E-state index is 0.402. The highest BCUT2D eigenvalue weighted by Crippen LogP contribution is 2.27. The molecular formula is C21H21N5S. The predicted octanol–water partition coefficient (Wildman–Crippen LogP) is 4.23. The van der Waals surface area contributed by atoms with E-state index in [9.17, 15) is 0 Å². The molecule has 5 rings (SSSR count). The molecule has 1 aliphatic rings. The van der Waals surface area contributed by atoms with Gasteiger partial charge in [-0.2, -0.15) is 16.4 Å². The van der Waals surface area contributed by atoms with E-state index in [0.717, 1.165) is 48.7 Å². The normalized spacial score (nSPS) is 18.1. The Labute approximate surface area is 162 Å². The number of thiophene rings is 1. The molecular weight excluding hydrogens is 354 g/mol. The summed E-state index contributed by atoms with van der Waals surface area (Å²) in [6, 6.07) is 10.4. The lowest BCUT2D eigenvalue weighted by atomic mass is 9.97. The van der Waals surface area contributed by atoms with E-state index in [-0.39, 0.29) is 0 Å². The number of likely N-dealkylation sites (tertiary alicyclic amines) is 1. The molecule has 0 aliphatic carbocycles. The summed E-state index contributed by atoms with van der Waals surface area (Å²) in [7, 11) is 0. The topological polar surface area (TPSA) is 46.3 Å². The second-order valence-corrected chi connectivity index (χ2v) is 7.92. The van der Waals surface area contributed by atoms with Gasteiger partial charge in [-0.1, -0.05) is 6.07 Å². The molecule has 4 aromatic rings. The minimum Gasteiger partial charge on any atom is -0.298 e. The third-order valence-electron chi connectivity index (χ3n) is 5.20. The number of hydrogen-bond donors (Lipinski definition) is 0. The van der Waals surface area contributed by atoms with Crippen LogP contribution in [0.4, 0.5) is 0 Å². The number of hydrogen-bond acceptors (Lipinski definition) is 5. The highest BCUT2D eigenvalue weighted by molar-refractivity contribution is 7.07. The molecule has 1 saturated heterocycles. The lowest BCUT2D eigenvalue weighted by molar-refractivity contribution is 0.197. The summed E-state index contributed by atoms with van der Waals surface area (Å²) in [5.74, 6) is 1.37. The van der Waals surface area contributed by atoms with Crippen molar-refractivity contribution in [3.63, 3.8) is 0 Å². The van der Waals surface area contributed by atoms with Crippen molar-refractivity contribution in [1.82, 2.24) is 24.5 Å². The van der Waals surface area contributed by atoms with Crippen LogP contribution in [0.2, 0.25) is 0 Å². The number of rotatable bonds is 4. The summed E-state index contributed by atoms with van der Waals surface area (Å²) in [5, 5.41) is 9.21. The van der Waals surface area contributed by atoms with E-state index in [1.165, 1.54) is 12.0 Å². The van der Waals surface area contributed by atoms with Crippen LogP contribution in [0, 0.1) is 0 Å². The lowest BCUT2D eigenvalue weighted by Gasteiger charge is -2.31. The van der Waals surface area contributed by atoms with Gasteiger partial charge in [0.1, 0.15) is 0 Å². The Morgan fingerprint density at radius 1 is 1.15 bits per heavy atom. The Bertz CT molecular complexity index is 1030. The number of fused-ring (bicyclic) bond motifs is 1. The van der Waals surface area contributed by atoms with Gasteiger partial charge < -0.3 is 0 Å². The molecule has 0 N–H and O–H groups in total. The van der Waals surface area contributed by atoms with Crippen molar-refractivity contribution in [2.45, 2.75) is 25.3 Å². The Morgan fingerprint density at radius 2 is 2.15 bits per heavy atom. The second-order valence-electron chi connectivity index (χ2n) is 7.14. The average Bonchev–Trinajstić information content (AvgIpc) is 3.38. The van der Waals surface area contributed by atoms with Crippen LogP contribution >= 0.6 is 11.3 Å². The molecule has 136 valence electrons. The van der Waals surface area contributed by atoms with Gasteiger partial charge in [-0.15, -0.1) is 0 Å². The van der Waals surface area contributed by atoms with Gasteiger partial charge in [-0.05, 0) is 60.0 Å². The zero-order chi connectivity index (χ0) is 18.1. The maximum atomic E-state index is 4.81. The average molecular weight is 376 g/mol. The zero-order valence-electron chi connectivity index (χ0n) is 15.0. The van der Waals surface area contributed by atoms with Crippen molar-refractivity contribution < 1.29 is 0 Å². The van der Waals surface area contributed by atoms with Gasteiger partial charge in [0.05, 0.1) is 0 Å². The maximum absolute atomic E-state index is 4.81. The standard InChI is InChI=1S/C21H21N5S/c1-3-17(11-22-8-1)18-5-6-20-23-21(24-26(20)14-18)19-4-2-9-25(13-19)12-16-7-10-27-15-16/h1,3,5-8,10-11,14-15,19H,2,4,9,12-13H2. The fourth-order valence-electron chi connectivity index (χ4n) is 3.83. The molecule has 0 spiro atoms. The Hall–Kier alpha value is -2.57. The SMILES string of the molecule is c1cncc(-c2ccc3nc(C4CCCN(Cc5ccsc5)C4)nn3c2)c1. The molecule has 27 heavy (non-hydrogen) atoms. The molecule has 5 nitrogen and oxygen atoms in total. The van der Waals surface area contributed by atoms with Gasteiger partial charge in [-0.25, -0.2) is 9.50 Å². The Balaban J connectivity index is 1.38. The van der Waals surface area contributed by atoms with E-state index in [1.54, 1.807) is 17.5 Å². The smallest absolute Gasteiger partial charge is 0.156 e. The third kappa shape index (κ3) is 3.50. The van der Waals surface area contributed by atoms with Crippen LogP contribution in [0.25, 0.3) is 16.8 Å². The first-order valence-corrected chi connectivity index (χ1v) is 10.3. The first kappa shape index (κ1) is 16.6. The summed E-state index contributed by atoms with van der Waals surface area (Å²) in [6.07, 6.45) is 8.08. The quantitative estimate of drug-likeness (QED) is 0.535. The van der Waals surface area contributed by atoms with Gasteiger partial charge in [0, 0.05) is 48.7 Å². The second kappa shape index (κ2) is 7.21. The van der Waals surface area contributed by atoms with Crippen LogP contribution in [0.3, 0.4) is 0 Å². The predicted molar refractivity (Wildman–Crippen MR) is 108 cm³/mol. The van der Waals surface area contributed by atoms with E-state index in [1.807, 2.05) is 22.8 Å². The number of aromatic nitrogens is 4. The van der Waals surface area contributed by atoms with Crippen molar-refractivity contribution in [1.29, 1.82) is 0 Å². The molecule has 0 bridgehead atoms. The van der Waals surface area contributed by atoms with Crippen LogP contribution in [0.5, 0.6) is 0 Å². The molecule has 6 heteroatoms. The van der Waals surface area contributed by atoms with Crippen molar-refractivity contribution in [3.8, 4) is 11.1 Å². The maximum Gasteiger partial charge on any atom is 0.156 e. The van der Waals surface area contributed by atoms with Crippen LogP contribution in [0.1, 0.15) is 30.1 Å². The molecule has 0 saturated carbocycles. The fraction of sp³-hybridized carbons (Fsp3) is 0.286. The summed E-state index contributed by atoms with van der Waals surface area (Å²) >= 11 is 1.77. The minimum atomic E-state index is 0.402. The van der Waals surface area contributed by atoms with Crippen molar-refractivity contribution in [3.05, 3.63) is 71.1 Å². The first-order chi connectivity index (χ1) is 13.3. The summed E-state index contributed by atoms with van der Waals surface area (Å²) in [6.45, 7) is 3.21. The Kier molecular flexibility index (Phi) is 4.43. The molecule has 0 aromatic carbocycles. The third-order valence-corrected chi connectivity index (χ3v) is 5.93. The molecule has 0 radical (unpaired) electrons. The van der Waals surface area contributed by atoms with Crippen LogP contribution < -0.4 is 0 Å². The van der Waals surface area contributed by atoms with Gasteiger partial charge in [0.2, 0.25) is 0 Å². The number of piperidine rings is 1. The van der Waals surface area contributed by atoms with Crippen molar-refractivity contribution in [2.75, 3.05) is 13.1 Å². The van der Waals surface area contributed by atoms with E-state index >= 15 is 0 Å². The van der Waals surface area contributed by atoms with Gasteiger partial charge in [0.15, 0.2) is 11.5 Å². The van der Waals surface area contributed by atoms with Gasteiger partial charge >= 0.3 is 0 Å². The van der Waals surface area contributed by atoms with Gasteiger partial charge in [0.25, 0.3) is 0 Å². The van der Waals surface area contributed by atoms with E-state index in [4.69, 9.17) is 10.1 Å². The van der Waals surface area contributed by atoms with Crippen LogP contribution in [-0.2, 0) is 6.54 Å². The lowest BCUT2D eigenvalue weighted by Crippen LogP contribution is -2.34. The number of pyridine rings is 2. The van der Waals surface area contributed by atoms with Crippen LogP contribution in [-0.4, -0.2) is 37.6 Å². The molecule has 1 atom stereocenters. The van der Waals surface area contributed by atoms with Crippen molar-refractivity contribution in [2.24, 2.45) is 0 Å². The molecule has 1 fully saturated rings. The molecule has 1 aliphatic heterocycles. The summed E-state index contributed by atoms with van der Waals surface area (Å²) in [4.78, 5) is 11.6. The monoisotopic (exact) mass is 375 g/mol. The zero-order valence-corrected chi connectivity index (χ0v) is 15.8. The van der Waals surface area contributed by atoms with E-state index < -0.39 is 0 Å². The number of nitrogens with zero attached hydrogens (tertiary/aromatic N) is 5. The van der Waals surface area contributed by atoms with Crippen LogP contribution in [0.15, 0.2) is 59.7 Å². The summed E-state index contributed by atoms with van der Waals surface area (Å²) < 4.78 is 1.91. The largest absolute Gasteiger partial charge is 0.298 e.